The van der Waals surface area contributed by atoms with Crippen LogP contribution < -0.4 is 0 Å². The minimum atomic E-state index is -0.366. The quantitative estimate of drug-likeness (QED) is 0.521. The molecule has 0 fully saturated rings. The van der Waals surface area contributed by atoms with Gasteiger partial charge in [0.2, 0.25) is 0 Å². The molecule has 0 aliphatic rings. The van der Waals surface area contributed by atoms with Crippen LogP contribution >= 0.6 is 0 Å². The summed E-state index contributed by atoms with van der Waals surface area (Å²) in [4.78, 5) is 0. The molecule has 0 N–H and O–H groups in total. The highest BCUT2D eigenvalue weighted by Gasteiger charge is 2.13. The molecule has 3 aromatic rings. The van der Waals surface area contributed by atoms with Crippen LogP contribution in [0, 0.1) is 0 Å². The molecule has 3 aromatic carbocycles. The Morgan fingerprint density at radius 2 is 1.40 bits per heavy atom. The molecular formula is C20H20. The van der Waals surface area contributed by atoms with Gasteiger partial charge >= 0.3 is 0 Å². The maximum Gasteiger partial charge on any atom is 0.0629 e. The van der Waals surface area contributed by atoms with Crippen LogP contribution in [0.3, 0.4) is 0 Å². The molecule has 0 heterocycles. The van der Waals surface area contributed by atoms with Crippen molar-refractivity contribution >= 4 is 10.8 Å². The van der Waals surface area contributed by atoms with E-state index < -0.39 is 0 Å². The molecule has 0 bridgehead atoms. The Kier molecular flexibility index (Phi) is 1.98. The van der Waals surface area contributed by atoms with E-state index in [-0.39, 0.29) is 41.2 Å². The summed E-state index contributed by atoms with van der Waals surface area (Å²) in [5.74, 6) is 0. The van der Waals surface area contributed by atoms with Crippen molar-refractivity contribution in [2.24, 2.45) is 0 Å². The Morgan fingerprint density at radius 3 is 2.10 bits per heavy atom. The largest absolute Gasteiger partial charge is 0.0629 e. The first kappa shape index (κ1) is 8.26. The molecule has 0 aromatic heterocycles. The molecule has 100 valence electrons. The average Bonchev–Trinajstić information content (AvgIpc) is 2.57. The summed E-state index contributed by atoms with van der Waals surface area (Å²) in [7, 11) is 0. The van der Waals surface area contributed by atoms with Gasteiger partial charge in [0.25, 0.3) is 0 Å². The lowest BCUT2D eigenvalue weighted by Crippen LogP contribution is -2.10. The van der Waals surface area contributed by atoms with Crippen LogP contribution in [0.15, 0.2) is 66.6 Å². The Labute approximate surface area is 128 Å². The first-order valence-corrected chi connectivity index (χ1v) is 6.73. The second-order valence-electron chi connectivity index (χ2n) is 6.03. The average molecular weight is 265 g/mol. The van der Waals surface area contributed by atoms with Gasteiger partial charge in [-0.3, -0.25) is 0 Å². The molecule has 20 heavy (non-hydrogen) atoms. The zero-order valence-corrected chi connectivity index (χ0v) is 12.0. The van der Waals surface area contributed by atoms with E-state index >= 15 is 0 Å². The van der Waals surface area contributed by atoms with E-state index in [1.165, 1.54) is 5.56 Å². The molecule has 0 saturated carbocycles. The smallest absolute Gasteiger partial charge is 0.0622 e. The van der Waals surface area contributed by atoms with Gasteiger partial charge in [-0.15, -0.1) is 0 Å². The normalized spacial score (nSPS) is 15.2. The van der Waals surface area contributed by atoms with Crippen LogP contribution in [0.25, 0.3) is 21.9 Å². The third-order valence-corrected chi connectivity index (χ3v) is 3.49. The zero-order valence-electron chi connectivity index (χ0n) is 17.0. The van der Waals surface area contributed by atoms with E-state index in [1.54, 1.807) is 0 Å². The fourth-order valence-electron chi connectivity index (χ4n) is 2.26. The van der Waals surface area contributed by atoms with Crippen molar-refractivity contribution in [3.05, 3.63) is 72.2 Å². The summed E-state index contributed by atoms with van der Waals surface area (Å²) < 4.78 is 39.6. The number of fused-ring (bicyclic) bond motifs is 1. The van der Waals surface area contributed by atoms with Crippen molar-refractivity contribution in [1.82, 2.24) is 0 Å². The van der Waals surface area contributed by atoms with Crippen LogP contribution in [0.4, 0.5) is 0 Å². The minimum absolute atomic E-state index is 0.0553. The van der Waals surface area contributed by atoms with Crippen LogP contribution in [-0.2, 0) is 5.41 Å². The van der Waals surface area contributed by atoms with E-state index in [1.807, 2.05) is 24.3 Å². The maximum absolute atomic E-state index is 8.12. The summed E-state index contributed by atoms with van der Waals surface area (Å²) in [6.45, 7) is 6.49. The topological polar surface area (TPSA) is 0 Å². The lowest BCUT2D eigenvalue weighted by molar-refractivity contribution is 0.591. The molecule has 3 rings (SSSR count). The second kappa shape index (κ2) is 4.79. The van der Waals surface area contributed by atoms with Crippen molar-refractivity contribution in [1.29, 1.82) is 0 Å². The van der Waals surface area contributed by atoms with Gasteiger partial charge in [-0.1, -0.05) is 81.3 Å². The van der Waals surface area contributed by atoms with Crippen molar-refractivity contribution in [2.45, 2.75) is 26.2 Å². The summed E-state index contributed by atoms with van der Waals surface area (Å²) >= 11 is 0. The lowest BCUT2D eigenvalue weighted by Gasteiger charge is -2.19. The molecule has 0 unspecified atom stereocenters. The second-order valence-corrected chi connectivity index (χ2v) is 6.03. The van der Waals surface area contributed by atoms with Crippen molar-refractivity contribution in [3.63, 3.8) is 0 Å². The SMILES string of the molecule is [2H]c1c([2H])c([2H])c(-c2ccc3cc(C(C)(C)C)ccc3c2)c([2H])c1[2H]. The summed E-state index contributed by atoms with van der Waals surface area (Å²) in [6, 6.07) is 10.6. The number of hydrogen-bond acceptors (Lipinski definition) is 0. The van der Waals surface area contributed by atoms with E-state index in [0.717, 1.165) is 10.8 Å². The van der Waals surface area contributed by atoms with Gasteiger partial charge in [0, 0.05) is 0 Å². The van der Waals surface area contributed by atoms with E-state index in [9.17, 15) is 0 Å². The highest BCUT2D eigenvalue weighted by molar-refractivity contribution is 5.88. The molecule has 0 radical (unpaired) electrons. The molecule has 0 heteroatoms. The molecule has 0 aliphatic carbocycles. The van der Waals surface area contributed by atoms with Crippen molar-refractivity contribution in [3.8, 4) is 11.1 Å². The van der Waals surface area contributed by atoms with Gasteiger partial charge in [0.1, 0.15) is 0 Å². The maximum atomic E-state index is 8.12. The molecule has 0 amide bonds. The highest BCUT2D eigenvalue weighted by Crippen LogP contribution is 2.29. The molecule has 0 saturated heterocycles. The third-order valence-electron chi connectivity index (χ3n) is 3.49. The Hall–Kier alpha value is -2.08. The summed E-state index contributed by atoms with van der Waals surface area (Å²) in [6.07, 6.45) is 0. The van der Waals surface area contributed by atoms with Crippen LogP contribution in [0.1, 0.15) is 33.2 Å². The van der Waals surface area contributed by atoms with Crippen molar-refractivity contribution < 1.29 is 6.85 Å². The first-order valence-electron chi connectivity index (χ1n) is 9.23. The van der Waals surface area contributed by atoms with Gasteiger partial charge in [-0.2, -0.15) is 0 Å². The number of benzene rings is 3. The van der Waals surface area contributed by atoms with E-state index in [0.29, 0.717) is 5.56 Å². The molecular weight excluding hydrogens is 240 g/mol. The minimum Gasteiger partial charge on any atom is -0.0622 e. The highest BCUT2D eigenvalue weighted by atomic mass is 14.2. The van der Waals surface area contributed by atoms with Crippen LogP contribution in [0.5, 0.6) is 0 Å². The van der Waals surface area contributed by atoms with Crippen LogP contribution in [-0.4, -0.2) is 0 Å². The standard InChI is InChI=1S/C20H20/c1-20(2,3)19-12-11-17-13-16(9-10-18(17)14-19)15-7-5-4-6-8-15/h4-14H,1-3H3/i4D,5D,6D,7D,8D. The molecule has 0 aliphatic heterocycles. The predicted octanol–water partition coefficient (Wildman–Crippen LogP) is 5.80. The first-order chi connectivity index (χ1) is 11.6. The summed E-state index contributed by atoms with van der Waals surface area (Å²) in [5, 5.41) is 2.06. The van der Waals surface area contributed by atoms with Gasteiger partial charge in [0.15, 0.2) is 0 Å². The molecule has 0 spiro atoms. The van der Waals surface area contributed by atoms with Crippen molar-refractivity contribution in [2.75, 3.05) is 0 Å². The fraction of sp³-hybridized carbons (Fsp3) is 0.200. The zero-order chi connectivity index (χ0) is 18.5. The van der Waals surface area contributed by atoms with E-state index in [4.69, 9.17) is 6.85 Å². The third kappa shape index (κ3) is 2.46. The van der Waals surface area contributed by atoms with Gasteiger partial charge < -0.3 is 0 Å². The summed E-state index contributed by atoms with van der Waals surface area (Å²) in [5.41, 5.74) is 2.16. The number of hydrogen-bond donors (Lipinski definition) is 0. The Bertz CT molecular complexity index is 955. The lowest BCUT2D eigenvalue weighted by atomic mass is 9.85. The molecule has 0 atom stereocenters. The Morgan fingerprint density at radius 1 is 0.750 bits per heavy atom. The monoisotopic (exact) mass is 265 g/mol. The van der Waals surface area contributed by atoms with E-state index in [2.05, 4.69) is 32.9 Å². The van der Waals surface area contributed by atoms with Gasteiger partial charge in [-0.05, 0) is 38.9 Å². The van der Waals surface area contributed by atoms with Gasteiger partial charge in [-0.25, -0.2) is 0 Å². The predicted molar refractivity (Wildman–Crippen MR) is 88.1 cm³/mol. The fourth-order valence-corrected chi connectivity index (χ4v) is 2.26. The Balaban J connectivity index is 2.22. The molecule has 0 nitrogen and oxygen atoms in total. The number of rotatable bonds is 1. The van der Waals surface area contributed by atoms with Crippen LogP contribution in [0.2, 0.25) is 0 Å². The van der Waals surface area contributed by atoms with Gasteiger partial charge in [0.05, 0.1) is 6.85 Å².